The van der Waals surface area contributed by atoms with Gasteiger partial charge < -0.3 is 30.6 Å². The molecule has 27 heavy (non-hydrogen) atoms. The van der Waals surface area contributed by atoms with Crippen molar-refractivity contribution in [3.8, 4) is 17.2 Å². The fourth-order valence-electron chi connectivity index (χ4n) is 2.66. The second-order valence-corrected chi connectivity index (χ2v) is 5.64. The zero-order valence-corrected chi connectivity index (χ0v) is 15.4. The molecular weight excluding hydrogens is 350 g/mol. The average molecular weight is 373 g/mol. The molecule has 8 nitrogen and oxygen atoms in total. The van der Waals surface area contributed by atoms with Gasteiger partial charge in [0.25, 0.3) is 0 Å². The first-order valence-corrected chi connectivity index (χ1v) is 8.19. The normalized spacial score (nSPS) is 11.2. The van der Waals surface area contributed by atoms with Crippen LogP contribution in [0.15, 0.2) is 42.5 Å². The van der Waals surface area contributed by atoms with Gasteiger partial charge in [-0.3, -0.25) is 4.79 Å². The van der Waals surface area contributed by atoms with Crippen molar-refractivity contribution < 1.29 is 23.8 Å². The molecular formula is C19H23N3O5. The highest BCUT2D eigenvalue weighted by atomic mass is 16.5. The van der Waals surface area contributed by atoms with Crippen LogP contribution >= 0.6 is 0 Å². The molecule has 2 aromatic rings. The Balaban J connectivity index is 2.19. The number of hydrogen-bond acceptors (Lipinski definition) is 5. The summed E-state index contributed by atoms with van der Waals surface area (Å²) < 4.78 is 15.8. The number of amides is 3. The minimum Gasteiger partial charge on any atom is -0.493 e. The van der Waals surface area contributed by atoms with E-state index >= 15 is 0 Å². The maximum absolute atomic E-state index is 12.5. The Morgan fingerprint density at radius 1 is 1.00 bits per heavy atom. The summed E-state index contributed by atoms with van der Waals surface area (Å²) in [6, 6.07) is 11.1. The van der Waals surface area contributed by atoms with Crippen LogP contribution in [0.1, 0.15) is 18.0 Å². The number of carbonyl (C=O) groups excluding carboxylic acids is 2. The quantitative estimate of drug-likeness (QED) is 0.658. The largest absolute Gasteiger partial charge is 0.493 e. The van der Waals surface area contributed by atoms with Crippen LogP contribution in [0.4, 0.5) is 10.5 Å². The molecule has 1 atom stereocenters. The number of methoxy groups -OCH3 is 3. The lowest BCUT2D eigenvalue weighted by atomic mass is 10.0. The lowest BCUT2D eigenvalue weighted by Crippen LogP contribution is -2.35. The van der Waals surface area contributed by atoms with Gasteiger partial charge in [0.2, 0.25) is 11.7 Å². The third-order valence-electron chi connectivity index (χ3n) is 3.86. The fraction of sp³-hybridized carbons (Fsp3) is 0.263. The molecule has 2 rings (SSSR count). The fourth-order valence-corrected chi connectivity index (χ4v) is 2.66. The molecule has 1 unspecified atom stereocenters. The third kappa shape index (κ3) is 5.27. The number of benzene rings is 2. The molecule has 0 aliphatic carbocycles. The molecule has 0 bridgehead atoms. The molecule has 0 fully saturated rings. The number of ether oxygens (including phenoxy) is 3. The number of rotatable bonds is 8. The van der Waals surface area contributed by atoms with Crippen molar-refractivity contribution in [3.05, 3.63) is 48.0 Å². The summed E-state index contributed by atoms with van der Waals surface area (Å²) in [5.41, 5.74) is 6.48. The summed E-state index contributed by atoms with van der Waals surface area (Å²) in [6.45, 7) is 0. The molecule has 0 saturated heterocycles. The molecule has 0 aliphatic rings. The van der Waals surface area contributed by atoms with Crippen LogP contribution in [-0.4, -0.2) is 33.3 Å². The molecule has 0 heterocycles. The number of hydrogen-bond donors (Lipinski definition) is 3. The summed E-state index contributed by atoms with van der Waals surface area (Å²) in [6.07, 6.45) is 0.00358. The molecule has 0 spiro atoms. The first-order valence-electron chi connectivity index (χ1n) is 8.19. The van der Waals surface area contributed by atoms with Gasteiger partial charge in [0, 0.05) is 17.8 Å². The van der Waals surface area contributed by atoms with Crippen molar-refractivity contribution in [2.24, 2.45) is 5.73 Å². The Morgan fingerprint density at radius 2 is 1.59 bits per heavy atom. The van der Waals surface area contributed by atoms with Crippen LogP contribution in [0, 0.1) is 0 Å². The molecule has 144 valence electrons. The van der Waals surface area contributed by atoms with Crippen LogP contribution < -0.4 is 30.6 Å². The first kappa shape index (κ1) is 19.9. The van der Waals surface area contributed by atoms with Crippen LogP contribution in [0.25, 0.3) is 0 Å². The average Bonchev–Trinajstić information content (AvgIpc) is 2.66. The molecule has 0 aromatic heterocycles. The Labute approximate surface area is 157 Å². The summed E-state index contributed by atoms with van der Waals surface area (Å²) in [5.74, 6) is 0.950. The lowest BCUT2D eigenvalue weighted by molar-refractivity contribution is -0.116. The molecule has 3 amide bonds. The van der Waals surface area contributed by atoms with Gasteiger partial charge in [-0.15, -0.1) is 0 Å². The van der Waals surface area contributed by atoms with Crippen molar-refractivity contribution in [1.82, 2.24) is 5.32 Å². The van der Waals surface area contributed by atoms with Crippen molar-refractivity contribution in [3.63, 3.8) is 0 Å². The van der Waals surface area contributed by atoms with Gasteiger partial charge in [-0.05, 0) is 5.56 Å². The van der Waals surface area contributed by atoms with Gasteiger partial charge in [0.15, 0.2) is 11.5 Å². The van der Waals surface area contributed by atoms with Crippen molar-refractivity contribution in [1.29, 1.82) is 0 Å². The minimum absolute atomic E-state index is 0.00358. The molecule has 8 heteroatoms. The van der Waals surface area contributed by atoms with E-state index in [2.05, 4.69) is 10.6 Å². The van der Waals surface area contributed by atoms with E-state index in [1.165, 1.54) is 21.3 Å². The zero-order valence-electron chi connectivity index (χ0n) is 15.4. The van der Waals surface area contributed by atoms with Crippen molar-refractivity contribution in [2.45, 2.75) is 12.5 Å². The van der Waals surface area contributed by atoms with Gasteiger partial charge in [-0.1, -0.05) is 30.3 Å². The summed E-state index contributed by atoms with van der Waals surface area (Å²) >= 11 is 0. The summed E-state index contributed by atoms with van der Waals surface area (Å²) in [5, 5.41) is 5.35. The number of nitrogens with one attached hydrogen (secondary N) is 2. The Hall–Kier alpha value is -3.42. The molecule has 0 saturated carbocycles. The van der Waals surface area contributed by atoms with E-state index in [0.29, 0.717) is 22.9 Å². The SMILES string of the molecule is COc1cc(NC(=O)CC(NC(N)=O)c2ccccc2)cc(OC)c1OC. The Kier molecular flexibility index (Phi) is 6.87. The Bertz CT molecular complexity index is 770. The highest BCUT2D eigenvalue weighted by Crippen LogP contribution is 2.40. The number of nitrogens with two attached hydrogens (primary N) is 1. The van der Waals surface area contributed by atoms with Gasteiger partial charge in [0.05, 0.1) is 33.8 Å². The zero-order chi connectivity index (χ0) is 19.8. The molecule has 2 aromatic carbocycles. The van der Waals surface area contributed by atoms with Crippen LogP contribution in [0.3, 0.4) is 0 Å². The molecule has 0 aliphatic heterocycles. The van der Waals surface area contributed by atoms with E-state index in [9.17, 15) is 9.59 Å². The smallest absolute Gasteiger partial charge is 0.312 e. The van der Waals surface area contributed by atoms with Crippen LogP contribution in [0.5, 0.6) is 17.2 Å². The van der Waals surface area contributed by atoms with Crippen molar-refractivity contribution >= 4 is 17.6 Å². The van der Waals surface area contributed by atoms with Gasteiger partial charge in [-0.25, -0.2) is 4.79 Å². The number of anilines is 1. The number of carbonyl (C=O) groups is 2. The predicted molar refractivity (Wildman–Crippen MR) is 101 cm³/mol. The van der Waals surface area contributed by atoms with E-state index in [-0.39, 0.29) is 12.3 Å². The van der Waals surface area contributed by atoms with Crippen molar-refractivity contribution in [2.75, 3.05) is 26.6 Å². The minimum atomic E-state index is -0.704. The van der Waals surface area contributed by atoms with E-state index in [1.54, 1.807) is 12.1 Å². The maximum atomic E-state index is 12.5. The van der Waals surface area contributed by atoms with E-state index in [4.69, 9.17) is 19.9 Å². The summed E-state index contributed by atoms with van der Waals surface area (Å²) in [4.78, 5) is 23.8. The van der Waals surface area contributed by atoms with Crippen LogP contribution in [0.2, 0.25) is 0 Å². The lowest BCUT2D eigenvalue weighted by Gasteiger charge is -2.18. The van der Waals surface area contributed by atoms with E-state index < -0.39 is 12.1 Å². The number of primary amides is 1. The highest BCUT2D eigenvalue weighted by molar-refractivity contribution is 5.92. The predicted octanol–water partition coefficient (Wildman–Crippen LogP) is 2.45. The van der Waals surface area contributed by atoms with E-state index in [0.717, 1.165) is 5.56 Å². The second-order valence-electron chi connectivity index (χ2n) is 5.64. The molecule has 0 radical (unpaired) electrons. The third-order valence-corrected chi connectivity index (χ3v) is 3.86. The van der Waals surface area contributed by atoms with Crippen LogP contribution in [-0.2, 0) is 4.79 Å². The van der Waals surface area contributed by atoms with E-state index in [1.807, 2.05) is 30.3 Å². The maximum Gasteiger partial charge on any atom is 0.312 e. The number of urea groups is 1. The first-order chi connectivity index (χ1) is 13.0. The topological polar surface area (TPSA) is 112 Å². The van der Waals surface area contributed by atoms with Gasteiger partial charge >= 0.3 is 6.03 Å². The summed E-state index contributed by atoms with van der Waals surface area (Å²) in [7, 11) is 4.48. The van der Waals surface area contributed by atoms with Gasteiger partial charge in [-0.2, -0.15) is 0 Å². The molecule has 4 N–H and O–H groups in total. The highest BCUT2D eigenvalue weighted by Gasteiger charge is 2.19. The van der Waals surface area contributed by atoms with Gasteiger partial charge in [0.1, 0.15) is 0 Å². The second kappa shape index (κ2) is 9.33. The standard InChI is InChI=1S/C19H23N3O5/c1-25-15-9-13(10-16(26-2)18(15)27-3)21-17(23)11-14(22-19(20)24)12-7-5-4-6-8-12/h4-10,14H,11H2,1-3H3,(H,21,23)(H3,20,22,24). The Morgan fingerprint density at radius 3 is 2.07 bits per heavy atom. The monoisotopic (exact) mass is 373 g/mol.